The maximum absolute atomic E-state index is 12.2. The first kappa shape index (κ1) is 15.3. The molecule has 1 saturated heterocycles. The second-order valence-electron chi connectivity index (χ2n) is 5.19. The summed E-state index contributed by atoms with van der Waals surface area (Å²) in [4.78, 5) is 14.5. The minimum Gasteiger partial charge on any atom is -0.496 e. The van der Waals surface area contributed by atoms with E-state index in [4.69, 9.17) is 4.74 Å². The summed E-state index contributed by atoms with van der Waals surface area (Å²) in [6.45, 7) is 1.83. The van der Waals surface area contributed by atoms with Crippen molar-refractivity contribution in [3.05, 3.63) is 28.2 Å². The number of carbonyl (C=O) groups excluding carboxylic acids is 1. The summed E-state index contributed by atoms with van der Waals surface area (Å²) in [5, 5.41) is 3.02. The van der Waals surface area contributed by atoms with Crippen LogP contribution in [-0.2, 0) is 0 Å². The van der Waals surface area contributed by atoms with E-state index in [1.165, 1.54) is 12.8 Å². The number of ether oxygens (including phenoxy) is 1. The smallest absolute Gasteiger partial charge is 0.251 e. The zero-order chi connectivity index (χ0) is 14.5. The maximum atomic E-state index is 12.2. The van der Waals surface area contributed by atoms with Crippen LogP contribution in [0.25, 0.3) is 0 Å². The van der Waals surface area contributed by atoms with Gasteiger partial charge in [0.15, 0.2) is 0 Å². The second-order valence-corrected chi connectivity index (χ2v) is 6.04. The number of piperidine rings is 1. The number of benzene rings is 1. The summed E-state index contributed by atoms with van der Waals surface area (Å²) in [5.74, 6) is 0.695. The number of nitrogens with zero attached hydrogens (tertiary/aromatic N) is 1. The Labute approximate surface area is 128 Å². The minimum atomic E-state index is -0.0349. The predicted octanol–water partition coefficient (Wildman–Crippen LogP) is 2.67. The SMILES string of the molecule is COc1ccc(C(=O)NCC2CCCCN2C)cc1Br. The van der Waals surface area contributed by atoms with E-state index in [1.807, 2.05) is 0 Å². The second kappa shape index (κ2) is 7.09. The van der Waals surface area contributed by atoms with Gasteiger partial charge in [0.2, 0.25) is 0 Å². The Morgan fingerprint density at radius 3 is 2.95 bits per heavy atom. The van der Waals surface area contributed by atoms with Gasteiger partial charge in [0.25, 0.3) is 5.91 Å². The number of hydrogen-bond acceptors (Lipinski definition) is 3. The van der Waals surface area contributed by atoms with Gasteiger partial charge in [-0.3, -0.25) is 4.79 Å². The van der Waals surface area contributed by atoms with Gasteiger partial charge in [0, 0.05) is 18.2 Å². The molecule has 1 heterocycles. The summed E-state index contributed by atoms with van der Waals surface area (Å²) in [7, 11) is 3.73. The van der Waals surface area contributed by atoms with Gasteiger partial charge in [-0.2, -0.15) is 0 Å². The molecule has 1 unspecified atom stereocenters. The van der Waals surface area contributed by atoms with Crippen LogP contribution in [0.3, 0.4) is 0 Å². The van der Waals surface area contributed by atoms with Crippen LogP contribution in [0.4, 0.5) is 0 Å². The number of methoxy groups -OCH3 is 1. The van der Waals surface area contributed by atoms with Gasteiger partial charge in [-0.25, -0.2) is 0 Å². The van der Waals surface area contributed by atoms with Crippen LogP contribution >= 0.6 is 15.9 Å². The van der Waals surface area contributed by atoms with Crippen molar-refractivity contribution in [2.75, 3.05) is 27.2 Å². The largest absolute Gasteiger partial charge is 0.496 e. The number of likely N-dealkylation sites (N-methyl/N-ethyl adjacent to an activating group) is 1. The molecule has 1 amide bonds. The van der Waals surface area contributed by atoms with Crippen molar-refractivity contribution >= 4 is 21.8 Å². The van der Waals surface area contributed by atoms with Gasteiger partial charge in [0.1, 0.15) is 5.75 Å². The number of amides is 1. The quantitative estimate of drug-likeness (QED) is 0.916. The lowest BCUT2D eigenvalue weighted by Gasteiger charge is -2.32. The molecule has 1 aliphatic heterocycles. The number of nitrogens with one attached hydrogen (secondary N) is 1. The number of likely N-dealkylation sites (tertiary alicyclic amines) is 1. The minimum absolute atomic E-state index is 0.0349. The van der Waals surface area contributed by atoms with Gasteiger partial charge in [-0.15, -0.1) is 0 Å². The van der Waals surface area contributed by atoms with Gasteiger partial charge < -0.3 is 15.0 Å². The average molecular weight is 341 g/mol. The van der Waals surface area contributed by atoms with Crippen molar-refractivity contribution in [3.63, 3.8) is 0 Å². The van der Waals surface area contributed by atoms with Gasteiger partial charge in [0.05, 0.1) is 11.6 Å². The van der Waals surface area contributed by atoms with E-state index in [1.54, 1.807) is 25.3 Å². The van der Waals surface area contributed by atoms with Crippen LogP contribution in [0.2, 0.25) is 0 Å². The fraction of sp³-hybridized carbons (Fsp3) is 0.533. The first-order valence-electron chi connectivity index (χ1n) is 6.94. The highest BCUT2D eigenvalue weighted by Gasteiger charge is 2.19. The molecule has 0 saturated carbocycles. The first-order valence-corrected chi connectivity index (χ1v) is 7.73. The van der Waals surface area contributed by atoms with Gasteiger partial charge in [-0.1, -0.05) is 6.42 Å². The third-order valence-electron chi connectivity index (χ3n) is 3.83. The van der Waals surface area contributed by atoms with E-state index in [2.05, 4.69) is 33.2 Å². The van der Waals surface area contributed by atoms with Crippen LogP contribution in [0.1, 0.15) is 29.6 Å². The number of halogens is 1. The van der Waals surface area contributed by atoms with E-state index < -0.39 is 0 Å². The molecule has 1 aromatic rings. The summed E-state index contributed by atoms with van der Waals surface area (Å²) in [6.07, 6.45) is 3.66. The zero-order valence-corrected chi connectivity index (χ0v) is 13.6. The van der Waals surface area contributed by atoms with E-state index in [0.29, 0.717) is 18.2 Å². The molecule has 0 aromatic heterocycles. The predicted molar refractivity (Wildman–Crippen MR) is 83.3 cm³/mol. The Kier molecular flexibility index (Phi) is 5.43. The zero-order valence-electron chi connectivity index (χ0n) is 12.0. The molecule has 0 spiro atoms. The average Bonchev–Trinajstić information content (AvgIpc) is 2.46. The summed E-state index contributed by atoms with van der Waals surface area (Å²) < 4.78 is 5.96. The van der Waals surface area contributed by atoms with Crippen LogP contribution < -0.4 is 10.1 Å². The molecule has 2 rings (SSSR count). The lowest BCUT2D eigenvalue weighted by molar-refractivity contribution is 0.0928. The van der Waals surface area contributed by atoms with Crippen LogP contribution in [0.5, 0.6) is 5.75 Å². The summed E-state index contributed by atoms with van der Waals surface area (Å²) in [5.41, 5.74) is 0.649. The van der Waals surface area contributed by atoms with Crippen LogP contribution in [0, 0.1) is 0 Å². The van der Waals surface area contributed by atoms with Crippen molar-refractivity contribution < 1.29 is 9.53 Å². The molecule has 0 aliphatic carbocycles. The van der Waals surface area contributed by atoms with E-state index in [9.17, 15) is 4.79 Å². The lowest BCUT2D eigenvalue weighted by atomic mass is 10.0. The molecule has 4 nitrogen and oxygen atoms in total. The molecule has 5 heteroatoms. The van der Waals surface area contributed by atoms with Crippen LogP contribution in [0.15, 0.2) is 22.7 Å². The third-order valence-corrected chi connectivity index (χ3v) is 4.45. The Balaban J connectivity index is 1.93. The molecular weight excluding hydrogens is 320 g/mol. The lowest BCUT2D eigenvalue weighted by Crippen LogP contribution is -2.44. The highest BCUT2D eigenvalue weighted by atomic mass is 79.9. The fourth-order valence-corrected chi connectivity index (χ4v) is 3.06. The molecule has 0 bridgehead atoms. The molecular formula is C15H21BrN2O2. The Bertz CT molecular complexity index is 479. The fourth-order valence-electron chi connectivity index (χ4n) is 2.52. The van der Waals surface area contributed by atoms with Crippen molar-refractivity contribution in [3.8, 4) is 5.75 Å². The maximum Gasteiger partial charge on any atom is 0.251 e. The molecule has 1 atom stereocenters. The van der Waals surface area contributed by atoms with E-state index >= 15 is 0 Å². The number of hydrogen-bond donors (Lipinski definition) is 1. The number of rotatable bonds is 4. The topological polar surface area (TPSA) is 41.6 Å². The first-order chi connectivity index (χ1) is 9.61. The van der Waals surface area contributed by atoms with E-state index in [-0.39, 0.29) is 5.91 Å². The summed E-state index contributed by atoms with van der Waals surface area (Å²) in [6, 6.07) is 5.82. The number of carbonyl (C=O) groups is 1. The van der Waals surface area contributed by atoms with E-state index in [0.717, 1.165) is 23.2 Å². The van der Waals surface area contributed by atoms with Crippen molar-refractivity contribution in [2.24, 2.45) is 0 Å². The molecule has 1 aliphatic rings. The van der Waals surface area contributed by atoms with Gasteiger partial charge in [-0.05, 0) is 60.6 Å². The Hall–Kier alpha value is -1.07. The molecule has 0 radical (unpaired) electrons. The van der Waals surface area contributed by atoms with Crippen molar-refractivity contribution in [1.29, 1.82) is 0 Å². The molecule has 1 fully saturated rings. The standard InChI is InChI=1S/C15H21BrN2O2/c1-18-8-4-3-5-12(18)10-17-15(19)11-6-7-14(20-2)13(16)9-11/h6-7,9,12H,3-5,8,10H2,1-2H3,(H,17,19). The Morgan fingerprint density at radius 2 is 2.30 bits per heavy atom. The van der Waals surface area contributed by atoms with Crippen molar-refractivity contribution in [2.45, 2.75) is 25.3 Å². The van der Waals surface area contributed by atoms with Crippen LogP contribution in [-0.4, -0.2) is 44.1 Å². The highest BCUT2D eigenvalue weighted by Crippen LogP contribution is 2.25. The van der Waals surface area contributed by atoms with Crippen molar-refractivity contribution in [1.82, 2.24) is 10.2 Å². The third kappa shape index (κ3) is 3.73. The molecule has 1 N–H and O–H groups in total. The molecule has 110 valence electrons. The highest BCUT2D eigenvalue weighted by molar-refractivity contribution is 9.10. The monoisotopic (exact) mass is 340 g/mol. The summed E-state index contributed by atoms with van der Waals surface area (Å²) >= 11 is 3.40. The molecule has 1 aromatic carbocycles. The normalized spacial score (nSPS) is 19.6. The Morgan fingerprint density at radius 1 is 1.50 bits per heavy atom. The van der Waals surface area contributed by atoms with Gasteiger partial charge >= 0.3 is 0 Å². The molecule has 20 heavy (non-hydrogen) atoms.